The number of halogens is 1. The van der Waals surface area contributed by atoms with Gasteiger partial charge in [0.25, 0.3) is 5.91 Å². The number of rotatable bonds is 7. The highest BCUT2D eigenvalue weighted by molar-refractivity contribution is 14.0. The molecule has 3 N–H and O–H groups in total. The molecule has 2 aliphatic heterocycles. The molecule has 184 valence electrons. The summed E-state index contributed by atoms with van der Waals surface area (Å²) < 4.78 is 0. The Morgan fingerprint density at radius 3 is 2.33 bits per heavy atom. The van der Waals surface area contributed by atoms with Crippen molar-refractivity contribution in [2.24, 2.45) is 4.99 Å². The van der Waals surface area contributed by atoms with Crippen LogP contribution in [-0.4, -0.2) is 103 Å². The number of carbonyl (C=O) groups is 2. The second-order valence-electron chi connectivity index (χ2n) is 8.24. The Bertz CT molecular complexity index is 807. The van der Waals surface area contributed by atoms with E-state index in [1.807, 2.05) is 18.7 Å². The van der Waals surface area contributed by atoms with Crippen molar-refractivity contribution in [1.29, 1.82) is 0 Å². The van der Waals surface area contributed by atoms with Crippen molar-refractivity contribution in [2.75, 3.05) is 58.9 Å². The minimum atomic E-state index is -0.312. The topological polar surface area (TPSA) is 101 Å². The number of amides is 2. The second-order valence-corrected chi connectivity index (χ2v) is 8.24. The molecule has 0 bridgehead atoms. The molecule has 2 fully saturated rings. The minimum Gasteiger partial charge on any atom is -0.507 e. The Kier molecular flexibility index (Phi) is 11.2. The maximum atomic E-state index is 12.7. The number of benzene rings is 1. The highest BCUT2D eigenvalue weighted by atomic mass is 127. The molecular formula is C23H37IN6O3. The van der Waals surface area contributed by atoms with Gasteiger partial charge in [-0.15, -0.1) is 24.0 Å². The normalized spacial score (nSPS) is 17.9. The number of phenolic OH excluding ortho intramolecular Hbond substituents is 1. The summed E-state index contributed by atoms with van der Waals surface area (Å²) in [5, 5.41) is 15.9. The Labute approximate surface area is 213 Å². The Hall–Kier alpha value is -2.08. The molecule has 2 aliphatic rings. The molecule has 0 aromatic heterocycles. The summed E-state index contributed by atoms with van der Waals surface area (Å²) in [6.07, 6.45) is 2.23. The zero-order chi connectivity index (χ0) is 22.9. The summed E-state index contributed by atoms with van der Waals surface area (Å²) in [7, 11) is 0. The van der Waals surface area contributed by atoms with E-state index in [0.29, 0.717) is 13.1 Å². The van der Waals surface area contributed by atoms with Crippen molar-refractivity contribution in [2.45, 2.75) is 32.7 Å². The van der Waals surface area contributed by atoms with Gasteiger partial charge in [0.2, 0.25) is 5.91 Å². The van der Waals surface area contributed by atoms with Crippen molar-refractivity contribution >= 4 is 41.8 Å². The van der Waals surface area contributed by atoms with Gasteiger partial charge in [-0.2, -0.15) is 0 Å². The van der Waals surface area contributed by atoms with Crippen molar-refractivity contribution in [3.63, 3.8) is 0 Å². The van der Waals surface area contributed by atoms with Crippen molar-refractivity contribution in [3.8, 4) is 5.75 Å². The molecule has 2 heterocycles. The lowest BCUT2D eigenvalue weighted by Gasteiger charge is -2.39. The first-order chi connectivity index (χ1) is 15.5. The van der Waals surface area contributed by atoms with Gasteiger partial charge in [0, 0.05) is 52.4 Å². The third-order valence-corrected chi connectivity index (χ3v) is 6.08. The van der Waals surface area contributed by atoms with E-state index in [9.17, 15) is 14.7 Å². The van der Waals surface area contributed by atoms with Gasteiger partial charge in [0.1, 0.15) is 5.75 Å². The van der Waals surface area contributed by atoms with Crippen LogP contribution in [0.4, 0.5) is 0 Å². The maximum Gasteiger partial charge on any atom is 0.255 e. The summed E-state index contributed by atoms with van der Waals surface area (Å²) in [4.78, 5) is 36.0. The second kappa shape index (κ2) is 13.6. The van der Waals surface area contributed by atoms with Crippen molar-refractivity contribution in [1.82, 2.24) is 25.3 Å². The van der Waals surface area contributed by atoms with Crippen LogP contribution in [0.3, 0.4) is 0 Å². The zero-order valence-corrected chi connectivity index (χ0v) is 22.0. The van der Waals surface area contributed by atoms with E-state index >= 15 is 0 Å². The van der Waals surface area contributed by atoms with Crippen molar-refractivity contribution in [3.05, 3.63) is 29.8 Å². The minimum absolute atomic E-state index is 0. The van der Waals surface area contributed by atoms with Gasteiger partial charge in [-0.1, -0.05) is 12.1 Å². The molecule has 9 nitrogen and oxygen atoms in total. The molecule has 1 aromatic carbocycles. The molecule has 2 saturated heterocycles. The van der Waals surface area contributed by atoms with Crippen LogP contribution < -0.4 is 10.6 Å². The number of nitrogens with zero attached hydrogens (tertiary/aromatic N) is 4. The SMILES string of the molecule is CCNC(=NCCNC(=O)c1ccccc1O)N1CCN(C(C)C(=O)N2CCCC2)CC1.I. The van der Waals surface area contributed by atoms with E-state index in [-0.39, 0.29) is 53.1 Å². The van der Waals surface area contributed by atoms with Gasteiger partial charge >= 0.3 is 0 Å². The maximum absolute atomic E-state index is 12.7. The third kappa shape index (κ3) is 7.46. The molecule has 1 unspecified atom stereocenters. The molecule has 0 spiro atoms. The molecule has 1 atom stereocenters. The fourth-order valence-corrected chi connectivity index (χ4v) is 4.20. The summed E-state index contributed by atoms with van der Waals surface area (Å²) >= 11 is 0. The summed E-state index contributed by atoms with van der Waals surface area (Å²) in [6.45, 7) is 10.6. The monoisotopic (exact) mass is 572 g/mol. The van der Waals surface area contributed by atoms with Crippen LogP contribution in [0.1, 0.15) is 37.0 Å². The predicted molar refractivity (Wildman–Crippen MR) is 140 cm³/mol. The average Bonchev–Trinajstić information content (AvgIpc) is 3.35. The first kappa shape index (κ1) is 27.2. The van der Waals surface area contributed by atoms with Gasteiger partial charge in [-0.05, 0) is 38.8 Å². The van der Waals surface area contributed by atoms with E-state index in [2.05, 4.69) is 25.4 Å². The van der Waals surface area contributed by atoms with Gasteiger partial charge in [-0.25, -0.2) is 0 Å². The number of aliphatic imine (C=N–C) groups is 1. The number of carbonyl (C=O) groups excluding carboxylic acids is 2. The number of phenols is 1. The zero-order valence-electron chi connectivity index (χ0n) is 19.6. The number of aromatic hydroxyl groups is 1. The van der Waals surface area contributed by atoms with Gasteiger partial charge < -0.3 is 25.5 Å². The van der Waals surface area contributed by atoms with E-state index in [4.69, 9.17) is 0 Å². The third-order valence-electron chi connectivity index (χ3n) is 6.08. The van der Waals surface area contributed by atoms with Crippen LogP contribution in [-0.2, 0) is 4.79 Å². The van der Waals surface area contributed by atoms with Crippen LogP contribution in [0.15, 0.2) is 29.3 Å². The van der Waals surface area contributed by atoms with E-state index < -0.39 is 0 Å². The van der Waals surface area contributed by atoms with Crippen LogP contribution in [0.5, 0.6) is 5.75 Å². The Balaban J connectivity index is 0.00000385. The smallest absolute Gasteiger partial charge is 0.255 e. The lowest BCUT2D eigenvalue weighted by molar-refractivity contribution is -0.135. The molecular weight excluding hydrogens is 535 g/mol. The quantitative estimate of drug-likeness (QED) is 0.198. The highest BCUT2D eigenvalue weighted by Gasteiger charge is 2.30. The lowest BCUT2D eigenvalue weighted by atomic mass is 10.2. The molecule has 33 heavy (non-hydrogen) atoms. The van der Waals surface area contributed by atoms with Crippen LogP contribution in [0.25, 0.3) is 0 Å². The number of likely N-dealkylation sites (tertiary alicyclic amines) is 1. The Morgan fingerprint density at radius 1 is 1.03 bits per heavy atom. The van der Waals surface area contributed by atoms with E-state index in [0.717, 1.165) is 64.6 Å². The van der Waals surface area contributed by atoms with Gasteiger partial charge in [-0.3, -0.25) is 19.5 Å². The first-order valence-corrected chi connectivity index (χ1v) is 11.6. The van der Waals surface area contributed by atoms with Gasteiger partial charge in [0.15, 0.2) is 5.96 Å². The summed E-state index contributed by atoms with van der Waals surface area (Å²) in [5.41, 5.74) is 0.261. The number of piperazine rings is 1. The Morgan fingerprint density at radius 2 is 1.70 bits per heavy atom. The largest absolute Gasteiger partial charge is 0.507 e. The van der Waals surface area contributed by atoms with Crippen LogP contribution in [0.2, 0.25) is 0 Å². The molecule has 3 rings (SSSR count). The molecule has 2 amide bonds. The van der Waals surface area contributed by atoms with E-state index in [1.165, 1.54) is 6.07 Å². The van der Waals surface area contributed by atoms with Crippen LogP contribution >= 0.6 is 24.0 Å². The standard InChI is InChI=1S/C23H36N6O3.HI/c1-3-24-23(26-11-10-25-21(31)19-8-4-5-9-20(19)30)29-16-14-27(15-17-29)18(2)22(32)28-12-6-7-13-28;/h4-5,8-9,18,30H,3,6-7,10-17H2,1-2H3,(H,24,26)(H,25,31);1H. The summed E-state index contributed by atoms with van der Waals surface area (Å²) in [5.74, 6) is 0.727. The number of hydrogen-bond acceptors (Lipinski definition) is 5. The molecule has 0 aliphatic carbocycles. The highest BCUT2D eigenvalue weighted by Crippen LogP contribution is 2.15. The fourth-order valence-electron chi connectivity index (χ4n) is 4.20. The van der Waals surface area contributed by atoms with Gasteiger partial charge in [0.05, 0.1) is 18.2 Å². The molecule has 0 radical (unpaired) electrons. The van der Waals surface area contributed by atoms with Crippen molar-refractivity contribution < 1.29 is 14.7 Å². The average molecular weight is 572 g/mol. The molecule has 10 heteroatoms. The number of nitrogens with one attached hydrogen (secondary N) is 2. The lowest BCUT2D eigenvalue weighted by Crippen LogP contribution is -2.57. The van der Waals surface area contributed by atoms with Crippen LogP contribution in [0, 0.1) is 0 Å². The fraction of sp³-hybridized carbons (Fsp3) is 0.609. The molecule has 1 aromatic rings. The molecule has 0 saturated carbocycles. The number of guanidine groups is 1. The first-order valence-electron chi connectivity index (χ1n) is 11.6. The summed E-state index contributed by atoms with van der Waals surface area (Å²) in [6, 6.07) is 6.40. The van der Waals surface area contributed by atoms with E-state index in [1.54, 1.807) is 18.2 Å². The number of para-hydroxylation sites is 1. The number of hydrogen-bond donors (Lipinski definition) is 3. The predicted octanol–water partition coefficient (Wildman–Crippen LogP) is 1.33.